The van der Waals surface area contributed by atoms with Crippen molar-refractivity contribution in [1.82, 2.24) is 29.3 Å². The Balaban J connectivity index is 0.807. The monoisotopic (exact) mass is 1060 g/mol. The zero-order chi connectivity index (χ0) is 50.7. The fourth-order valence-electron chi connectivity index (χ4n) is 11.1. The molecule has 9 rings (SSSR count). The van der Waals surface area contributed by atoms with Crippen molar-refractivity contribution in [2.75, 3.05) is 99.3 Å². The number of fused-ring (bicyclic) bond motifs is 2. The number of benzene rings is 3. The SMILES string of the molecule is CCOc1cc(N2CCC(N3CCN(C[C@H]4CCN(c5cccc6c5oc(=O)n6C(CCC=O)C(C)=O)C4)CC3)CC2)c(CC)cc1Nc1ncc(Br)c(Nc2ccc3nc(CC)ccc3c2P(C)(C)=O)n1. The van der Waals surface area contributed by atoms with Crippen molar-refractivity contribution in [3.05, 3.63) is 87.1 Å². The minimum atomic E-state index is -2.74. The first kappa shape index (κ1) is 51.3. The number of hydrogen-bond acceptors (Lipinski definition) is 15. The Kier molecular flexibility index (Phi) is 15.9. The highest BCUT2D eigenvalue weighted by atomic mass is 79.9. The van der Waals surface area contributed by atoms with E-state index < -0.39 is 18.9 Å². The summed E-state index contributed by atoms with van der Waals surface area (Å²) in [4.78, 5) is 61.3. The molecule has 0 radical (unpaired) electrons. The molecule has 6 heterocycles. The molecule has 6 aromatic rings. The fourth-order valence-corrected chi connectivity index (χ4v) is 12.9. The number of aldehydes is 1. The number of halogens is 1. The molecule has 3 aromatic heterocycles. The van der Waals surface area contributed by atoms with Crippen LogP contribution in [-0.4, -0.2) is 126 Å². The minimum absolute atomic E-state index is 0.166. The molecule has 18 heteroatoms. The summed E-state index contributed by atoms with van der Waals surface area (Å²) < 4.78 is 28.0. The van der Waals surface area contributed by atoms with Crippen molar-refractivity contribution in [1.29, 1.82) is 0 Å². The molecular formula is C54H68BrN10O6P. The van der Waals surface area contributed by atoms with Crippen LogP contribution in [-0.2, 0) is 27.0 Å². The first-order valence-corrected chi connectivity index (χ1v) is 29.0. The van der Waals surface area contributed by atoms with Gasteiger partial charge in [0.1, 0.15) is 25.0 Å². The Morgan fingerprint density at radius 2 is 1.69 bits per heavy atom. The number of para-hydroxylation sites is 1. The second-order valence-corrected chi connectivity index (χ2v) is 23.8. The summed E-state index contributed by atoms with van der Waals surface area (Å²) in [5.74, 6) is 1.46. The Morgan fingerprint density at radius 3 is 2.40 bits per heavy atom. The number of anilines is 6. The van der Waals surface area contributed by atoms with Crippen molar-refractivity contribution in [3.63, 3.8) is 0 Å². The van der Waals surface area contributed by atoms with E-state index in [2.05, 4.69) is 77.1 Å². The molecule has 3 aliphatic heterocycles. The van der Waals surface area contributed by atoms with Crippen LogP contribution in [0.2, 0.25) is 0 Å². The molecule has 72 heavy (non-hydrogen) atoms. The zero-order valence-electron chi connectivity index (χ0n) is 42.5. The lowest BCUT2D eigenvalue weighted by molar-refractivity contribution is -0.120. The van der Waals surface area contributed by atoms with Crippen LogP contribution in [0.25, 0.3) is 22.0 Å². The number of ketones is 1. The minimum Gasteiger partial charge on any atom is -0.492 e. The normalized spacial score (nSPS) is 17.7. The lowest BCUT2D eigenvalue weighted by atomic mass is 9.99. The molecule has 2 atom stereocenters. The molecule has 0 bridgehead atoms. The van der Waals surface area contributed by atoms with Gasteiger partial charge in [-0.1, -0.05) is 26.0 Å². The van der Waals surface area contributed by atoms with Gasteiger partial charge in [0.2, 0.25) is 5.95 Å². The maximum absolute atomic E-state index is 13.8. The molecule has 3 aliphatic rings. The third kappa shape index (κ3) is 11.0. The predicted octanol–water partition coefficient (Wildman–Crippen LogP) is 9.18. The summed E-state index contributed by atoms with van der Waals surface area (Å²) in [6.45, 7) is 20.7. The molecule has 2 N–H and O–H groups in total. The molecule has 382 valence electrons. The summed E-state index contributed by atoms with van der Waals surface area (Å²) in [6.07, 6.45) is 7.89. The van der Waals surface area contributed by atoms with Gasteiger partial charge in [-0.2, -0.15) is 4.98 Å². The highest BCUT2D eigenvalue weighted by molar-refractivity contribution is 9.10. The molecule has 3 aromatic carbocycles. The number of rotatable bonds is 19. The van der Waals surface area contributed by atoms with Gasteiger partial charge in [0.15, 0.2) is 11.4 Å². The Morgan fingerprint density at radius 1 is 0.917 bits per heavy atom. The topological polar surface area (TPSA) is 171 Å². The molecule has 0 aliphatic carbocycles. The third-order valence-electron chi connectivity index (χ3n) is 14.7. The molecule has 0 spiro atoms. The van der Waals surface area contributed by atoms with Crippen molar-refractivity contribution >= 4 is 97.0 Å². The molecule has 3 saturated heterocycles. The number of oxazole rings is 1. The number of nitrogens with one attached hydrogen (secondary N) is 2. The fraction of sp³-hybridized carbons (Fsp3) is 0.481. The number of pyridine rings is 1. The van der Waals surface area contributed by atoms with Crippen LogP contribution in [0.4, 0.5) is 34.5 Å². The van der Waals surface area contributed by atoms with Gasteiger partial charge in [-0.25, -0.2) is 9.78 Å². The van der Waals surface area contributed by atoms with E-state index in [1.165, 1.54) is 22.7 Å². The highest BCUT2D eigenvalue weighted by Crippen LogP contribution is 2.43. The van der Waals surface area contributed by atoms with E-state index in [1.54, 1.807) is 19.5 Å². The highest BCUT2D eigenvalue weighted by Gasteiger charge is 2.33. The van der Waals surface area contributed by atoms with E-state index in [0.29, 0.717) is 51.6 Å². The second kappa shape index (κ2) is 22.2. The van der Waals surface area contributed by atoms with Gasteiger partial charge in [-0.3, -0.25) is 19.2 Å². The Bertz CT molecular complexity index is 3050. The number of piperazine rings is 1. The number of hydrogen-bond donors (Lipinski definition) is 2. The second-order valence-electron chi connectivity index (χ2n) is 19.8. The average molecular weight is 1060 g/mol. The smallest absolute Gasteiger partial charge is 0.420 e. The number of aromatic nitrogens is 4. The van der Waals surface area contributed by atoms with Gasteiger partial charge in [-0.05, 0) is 130 Å². The van der Waals surface area contributed by atoms with E-state index in [-0.39, 0.29) is 18.6 Å². The zero-order valence-corrected chi connectivity index (χ0v) is 44.9. The lowest BCUT2D eigenvalue weighted by Crippen LogP contribution is -2.54. The van der Waals surface area contributed by atoms with Crippen LogP contribution in [0.15, 0.2) is 74.5 Å². The Labute approximate surface area is 430 Å². The average Bonchev–Trinajstić information content (AvgIpc) is 3.98. The van der Waals surface area contributed by atoms with E-state index in [4.69, 9.17) is 19.1 Å². The van der Waals surface area contributed by atoms with E-state index >= 15 is 0 Å². The van der Waals surface area contributed by atoms with Gasteiger partial charge >= 0.3 is 5.76 Å². The first-order chi connectivity index (χ1) is 34.8. The summed E-state index contributed by atoms with van der Waals surface area (Å²) in [5, 5.41) is 8.54. The van der Waals surface area contributed by atoms with Crippen molar-refractivity contribution in [2.24, 2.45) is 5.92 Å². The van der Waals surface area contributed by atoms with E-state index in [1.807, 2.05) is 49.4 Å². The molecule has 16 nitrogen and oxygen atoms in total. The predicted molar refractivity (Wildman–Crippen MR) is 293 cm³/mol. The molecular weight excluding hydrogens is 996 g/mol. The Hall–Kier alpha value is -5.61. The van der Waals surface area contributed by atoms with Crippen LogP contribution in [0.1, 0.15) is 77.1 Å². The summed E-state index contributed by atoms with van der Waals surface area (Å²) in [5.41, 5.74) is 7.75. The number of ether oxygens (including phenoxy) is 1. The van der Waals surface area contributed by atoms with Crippen LogP contribution in [0.5, 0.6) is 5.75 Å². The van der Waals surface area contributed by atoms with Crippen LogP contribution >= 0.6 is 23.1 Å². The van der Waals surface area contributed by atoms with Gasteiger partial charge < -0.3 is 43.8 Å². The maximum atomic E-state index is 13.8. The number of aryl methyl sites for hydroxylation is 2. The number of nitrogens with zero attached hydrogens (tertiary/aromatic N) is 8. The van der Waals surface area contributed by atoms with Crippen LogP contribution in [0, 0.1) is 5.92 Å². The van der Waals surface area contributed by atoms with Crippen LogP contribution in [0.3, 0.4) is 0 Å². The number of Topliss-reactive ketones (excluding diaryl/α,β-unsaturated/α-hetero) is 1. The largest absolute Gasteiger partial charge is 0.492 e. The van der Waals surface area contributed by atoms with E-state index in [9.17, 15) is 18.9 Å². The van der Waals surface area contributed by atoms with Gasteiger partial charge in [0, 0.05) is 106 Å². The van der Waals surface area contributed by atoms with Gasteiger partial charge in [-0.15, -0.1) is 0 Å². The van der Waals surface area contributed by atoms with Crippen molar-refractivity contribution in [2.45, 2.75) is 84.7 Å². The van der Waals surface area contributed by atoms with Gasteiger partial charge in [0.05, 0.1) is 45.2 Å². The quantitative estimate of drug-likeness (QED) is 0.0581. The summed E-state index contributed by atoms with van der Waals surface area (Å²) in [7, 11) is -2.74. The van der Waals surface area contributed by atoms with Crippen molar-refractivity contribution < 1.29 is 23.3 Å². The molecule has 0 saturated carbocycles. The van der Waals surface area contributed by atoms with E-state index in [0.717, 1.165) is 136 Å². The first-order valence-electron chi connectivity index (χ1n) is 25.7. The summed E-state index contributed by atoms with van der Waals surface area (Å²) >= 11 is 3.65. The molecule has 3 fully saturated rings. The number of piperidine rings is 1. The standard InChI is InChI=1S/C54H68BrN10O6P/c1-7-37-30-44(59-53-56-32-41(55)52(60-53)58-43-18-17-42-40(51(43)72(5,6)69)16-15-38(8-2)57-42)49(70-9-3)31-48(37)63-23-20-39(21-24-63)62-27-25-61(26-28-62)33-36-19-22-64(34-36)46-12-10-13-47-50(46)71-54(68)65(47)45(35(4)67)14-11-29-66/h10,12-13,15-18,29-32,36,39,45H,7-9,11,14,19-28,33-34H2,1-6H3,(H2,56,58,59,60)/t36-,45?/m1/s1. The van der Waals surface area contributed by atoms with Crippen LogP contribution < -0.4 is 36.2 Å². The molecule has 0 amide bonds. The van der Waals surface area contributed by atoms with Crippen molar-refractivity contribution in [3.8, 4) is 5.75 Å². The number of carbonyl (C=O) groups is 2. The molecule has 1 unspecified atom stereocenters. The third-order valence-corrected chi connectivity index (χ3v) is 16.9. The maximum Gasteiger partial charge on any atom is 0.420 e. The number of carbonyl (C=O) groups excluding carboxylic acids is 2. The summed E-state index contributed by atoms with van der Waals surface area (Å²) in [6, 6.07) is 17.8. The van der Waals surface area contributed by atoms with Gasteiger partial charge in [0.25, 0.3) is 0 Å². The lowest BCUT2D eigenvalue weighted by Gasteiger charge is -2.44.